The highest BCUT2D eigenvalue weighted by atomic mass is 16.6. The van der Waals surface area contributed by atoms with Gasteiger partial charge in [-0.2, -0.15) is 0 Å². The SMILES string of the molecule is CC(C)(C)OC(=O)N1CCN(C(=O)OCC2c3ccccc3-c3ccccc32)[C@@H](CC(=O)[O-])C1. The van der Waals surface area contributed by atoms with Crippen molar-refractivity contribution in [2.45, 2.75) is 44.8 Å². The van der Waals surface area contributed by atoms with Crippen LogP contribution < -0.4 is 5.11 Å². The lowest BCUT2D eigenvalue weighted by Gasteiger charge is -2.41. The molecular formula is C26H29N2O6-. The Morgan fingerprint density at radius 3 is 2.09 bits per heavy atom. The van der Waals surface area contributed by atoms with Gasteiger partial charge in [-0.25, -0.2) is 9.59 Å². The molecule has 34 heavy (non-hydrogen) atoms. The van der Waals surface area contributed by atoms with Crippen molar-refractivity contribution in [3.63, 3.8) is 0 Å². The highest BCUT2D eigenvalue weighted by molar-refractivity contribution is 5.79. The number of benzene rings is 2. The summed E-state index contributed by atoms with van der Waals surface area (Å²) in [5, 5.41) is 11.4. The Bertz CT molecular complexity index is 1050. The molecule has 1 aliphatic carbocycles. The van der Waals surface area contributed by atoms with Crippen molar-refractivity contribution in [1.82, 2.24) is 9.80 Å². The molecule has 8 heteroatoms. The average molecular weight is 466 g/mol. The molecule has 180 valence electrons. The van der Waals surface area contributed by atoms with Gasteiger partial charge in [0.1, 0.15) is 12.2 Å². The van der Waals surface area contributed by atoms with E-state index in [-0.39, 0.29) is 32.2 Å². The first kappa shape index (κ1) is 23.6. The highest BCUT2D eigenvalue weighted by Crippen LogP contribution is 2.44. The molecule has 0 N–H and O–H groups in total. The van der Waals surface area contributed by atoms with Crippen LogP contribution in [0, 0.1) is 0 Å². The van der Waals surface area contributed by atoms with E-state index in [0.717, 1.165) is 22.3 Å². The van der Waals surface area contributed by atoms with Gasteiger partial charge in [0, 0.05) is 37.9 Å². The van der Waals surface area contributed by atoms with Crippen LogP contribution in [0.3, 0.4) is 0 Å². The predicted molar refractivity (Wildman–Crippen MR) is 123 cm³/mol. The van der Waals surface area contributed by atoms with Crippen molar-refractivity contribution >= 4 is 18.2 Å². The maximum atomic E-state index is 13.0. The van der Waals surface area contributed by atoms with Crippen LogP contribution in [0.4, 0.5) is 9.59 Å². The van der Waals surface area contributed by atoms with Gasteiger partial charge < -0.3 is 29.2 Å². The van der Waals surface area contributed by atoms with Gasteiger partial charge in [-0.1, -0.05) is 48.5 Å². The Morgan fingerprint density at radius 2 is 1.53 bits per heavy atom. The largest absolute Gasteiger partial charge is 0.550 e. The number of carboxylic acid groups (broad SMARTS) is 1. The summed E-state index contributed by atoms with van der Waals surface area (Å²) in [5.74, 6) is -1.40. The number of rotatable bonds is 4. The van der Waals surface area contributed by atoms with Crippen molar-refractivity contribution in [3.8, 4) is 11.1 Å². The summed E-state index contributed by atoms with van der Waals surface area (Å²) in [6.45, 7) is 5.82. The topological polar surface area (TPSA) is 99.2 Å². The zero-order chi connectivity index (χ0) is 24.5. The van der Waals surface area contributed by atoms with Gasteiger partial charge in [-0.15, -0.1) is 0 Å². The number of carboxylic acids is 1. The molecule has 1 aliphatic heterocycles. The lowest BCUT2D eigenvalue weighted by molar-refractivity contribution is -0.306. The van der Waals surface area contributed by atoms with E-state index in [2.05, 4.69) is 12.1 Å². The summed E-state index contributed by atoms with van der Waals surface area (Å²) in [4.78, 5) is 39.7. The Labute approximate surface area is 199 Å². The molecule has 0 spiro atoms. The number of ether oxygens (including phenoxy) is 2. The molecule has 0 saturated carbocycles. The van der Waals surface area contributed by atoms with E-state index in [1.807, 2.05) is 36.4 Å². The van der Waals surface area contributed by atoms with Crippen LogP contribution in [-0.2, 0) is 14.3 Å². The summed E-state index contributed by atoms with van der Waals surface area (Å²) < 4.78 is 11.1. The van der Waals surface area contributed by atoms with Crippen molar-refractivity contribution in [2.24, 2.45) is 0 Å². The van der Waals surface area contributed by atoms with Gasteiger partial charge in [-0.3, -0.25) is 0 Å². The number of hydrogen-bond acceptors (Lipinski definition) is 6. The molecule has 1 atom stereocenters. The predicted octanol–water partition coefficient (Wildman–Crippen LogP) is 3.00. The van der Waals surface area contributed by atoms with E-state index >= 15 is 0 Å². The molecular weight excluding hydrogens is 436 g/mol. The minimum atomic E-state index is -1.30. The Morgan fingerprint density at radius 1 is 0.941 bits per heavy atom. The second kappa shape index (κ2) is 9.37. The molecule has 8 nitrogen and oxygen atoms in total. The molecule has 4 rings (SSSR count). The van der Waals surface area contributed by atoms with E-state index < -0.39 is 36.2 Å². The number of amides is 2. The van der Waals surface area contributed by atoms with Crippen molar-refractivity contribution in [3.05, 3.63) is 59.7 Å². The fourth-order valence-corrected chi connectivity index (χ4v) is 4.63. The quantitative estimate of drug-likeness (QED) is 0.688. The molecule has 1 fully saturated rings. The van der Waals surface area contributed by atoms with Crippen molar-refractivity contribution in [2.75, 3.05) is 26.2 Å². The lowest BCUT2D eigenvalue weighted by Crippen LogP contribution is -2.58. The number of aliphatic carboxylic acids is 1. The summed E-state index contributed by atoms with van der Waals surface area (Å²) in [6, 6.07) is 15.3. The van der Waals surface area contributed by atoms with Crippen LogP contribution in [0.2, 0.25) is 0 Å². The monoisotopic (exact) mass is 465 g/mol. The molecule has 2 aliphatic rings. The smallest absolute Gasteiger partial charge is 0.410 e. The third-order valence-corrected chi connectivity index (χ3v) is 6.11. The Kier molecular flexibility index (Phi) is 6.50. The van der Waals surface area contributed by atoms with Crippen molar-refractivity contribution < 1.29 is 29.0 Å². The van der Waals surface area contributed by atoms with Crippen molar-refractivity contribution in [1.29, 1.82) is 0 Å². The van der Waals surface area contributed by atoms with E-state index in [1.165, 1.54) is 9.80 Å². The third-order valence-electron chi connectivity index (χ3n) is 6.11. The van der Waals surface area contributed by atoms with Gasteiger partial charge in [0.15, 0.2) is 0 Å². The second-order valence-corrected chi connectivity index (χ2v) is 9.65. The van der Waals surface area contributed by atoms with Gasteiger partial charge in [0.2, 0.25) is 0 Å². The van der Waals surface area contributed by atoms with Gasteiger partial charge >= 0.3 is 12.2 Å². The number of carbonyl (C=O) groups is 3. The molecule has 2 aromatic rings. The summed E-state index contributed by atoms with van der Waals surface area (Å²) in [5.41, 5.74) is 3.76. The first-order valence-corrected chi connectivity index (χ1v) is 11.4. The fourth-order valence-electron chi connectivity index (χ4n) is 4.63. The number of piperazine rings is 1. The van der Waals surface area contributed by atoms with Crippen LogP contribution in [0.1, 0.15) is 44.2 Å². The molecule has 0 bridgehead atoms. The van der Waals surface area contributed by atoms with E-state index in [4.69, 9.17) is 9.47 Å². The minimum absolute atomic E-state index is 0.0348. The molecule has 0 unspecified atom stereocenters. The van der Waals surface area contributed by atoms with Crippen LogP contribution in [0.15, 0.2) is 48.5 Å². The number of fused-ring (bicyclic) bond motifs is 3. The molecule has 0 aromatic heterocycles. The first-order valence-electron chi connectivity index (χ1n) is 11.4. The Balaban J connectivity index is 1.45. The maximum Gasteiger partial charge on any atom is 0.410 e. The molecule has 0 radical (unpaired) electrons. The van der Waals surface area contributed by atoms with Crippen LogP contribution in [0.5, 0.6) is 0 Å². The average Bonchev–Trinajstić information content (AvgIpc) is 3.09. The molecule has 2 amide bonds. The van der Waals surface area contributed by atoms with E-state index in [9.17, 15) is 19.5 Å². The number of hydrogen-bond donors (Lipinski definition) is 0. The second-order valence-electron chi connectivity index (χ2n) is 9.65. The van der Waals surface area contributed by atoms with Crippen LogP contribution in [0.25, 0.3) is 11.1 Å². The maximum absolute atomic E-state index is 13.0. The fraction of sp³-hybridized carbons (Fsp3) is 0.423. The highest BCUT2D eigenvalue weighted by Gasteiger charge is 2.36. The van der Waals surface area contributed by atoms with E-state index in [0.29, 0.717) is 0 Å². The van der Waals surface area contributed by atoms with Gasteiger partial charge in [-0.05, 0) is 43.0 Å². The first-order chi connectivity index (χ1) is 16.1. The van der Waals surface area contributed by atoms with Crippen LogP contribution in [-0.4, -0.2) is 65.8 Å². The number of carbonyl (C=O) groups excluding carboxylic acids is 3. The van der Waals surface area contributed by atoms with Crippen LogP contribution >= 0.6 is 0 Å². The van der Waals surface area contributed by atoms with Gasteiger partial charge in [0.25, 0.3) is 0 Å². The van der Waals surface area contributed by atoms with E-state index in [1.54, 1.807) is 20.8 Å². The third kappa shape index (κ3) is 5.00. The van der Waals surface area contributed by atoms with Gasteiger partial charge in [0.05, 0.1) is 6.04 Å². The zero-order valence-corrected chi connectivity index (χ0v) is 19.7. The zero-order valence-electron chi connectivity index (χ0n) is 19.7. The lowest BCUT2D eigenvalue weighted by atomic mass is 9.98. The summed E-state index contributed by atoms with van der Waals surface area (Å²) in [7, 11) is 0. The summed E-state index contributed by atoms with van der Waals surface area (Å²) in [6.07, 6.45) is -1.54. The molecule has 2 aromatic carbocycles. The normalized spacial score (nSPS) is 17.7. The standard InChI is InChI=1S/C26H30N2O6/c1-26(2,3)34-24(31)27-12-13-28(17(15-27)14-23(29)30)25(32)33-16-22-20-10-6-4-8-18(20)19-9-5-7-11-21(19)22/h4-11,17,22H,12-16H2,1-3H3,(H,29,30)/p-1/t17-/m0/s1. The summed E-state index contributed by atoms with van der Waals surface area (Å²) >= 11 is 0. The Hall–Kier alpha value is -3.55. The number of nitrogens with zero attached hydrogens (tertiary/aromatic N) is 2. The minimum Gasteiger partial charge on any atom is -0.550 e. The molecule has 1 heterocycles. The molecule has 1 saturated heterocycles.